The van der Waals surface area contributed by atoms with Crippen molar-refractivity contribution in [2.45, 2.75) is 18.7 Å². The van der Waals surface area contributed by atoms with Gasteiger partial charge in [0, 0.05) is 18.5 Å². The topological polar surface area (TPSA) is 58.6 Å². The molecule has 25 heavy (non-hydrogen) atoms. The fourth-order valence-corrected chi connectivity index (χ4v) is 2.66. The van der Waals surface area contributed by atoms with E-state index in [1.165, 1.54) is 12.1 Å². The molecule has 1 heterocycles. The second-order valence-corrected chi connectivity index (χ2v) is 5.77. The van der Waals surface area contributed by atoms with Crippen LogP contribution in [0.5, 0.6) is 5.75 Å². The number of halogens is 3. The van der Waals surface area contributed by atoms with Gasteiger partial charge < -0.3 is 15.2 Å². The van der Waals surface area contributed by atoms with Gasteiger partial charge in [-0.25, -0.2) is 0 Å². The number of fused-ring (bicyclic) bond motifs is 1. The van der Waals surface area contributed by atoms with Gasteiger partial charge in [-0.2, -0.15) is 13.2 Å². The number of benzene rings is 2. The molecule has 2 aromatic carbocycles. The van der Waals surface area contributed by atoms with E-state index in [0.29, 0.717) is 12.2 Å². The van der Waals surface area contributed by atoms with Crippen molar-refractivity contribution < 1.29 is 27.8 Å². The molecule has 1 unspecified atom stereocenters. The molecule has 1 atom stereocenters. The molecule has 1 amide bonds. The molecule has 132 valence electrons. The van der Waals surface area contributed by atoms with Crippen molar-refractivity contribution in [3.63, 3.8) is 0 Å². The lowest BCUT2D eigenvalue weighted by Crippen LogP contribution is -2.28. The molecule has 0 saturated carbocycles. The Morgan fingerprint density at radius 1 is 1.24 bits per heavy atom. The second kappa shape index (κ2) is 6.76. The monoisotopic (exact) mass is 351 g/mol. The minimum absolute atomic E-state index is 0.102. The highest BCUT2D eigenvalue weighted by atomic mass is 19.4. The maximum atomic E-state index is 12.7. The maximum absolute atomic E-state index is 12.7. The zero-order valence-corrected chi connectivity index (χ0v) is 13.1. The maximum Gasteiger partial charge on any atom is 0.416 e. The van der Waals surface area contributed by atoms with Crippen LogP contribution in [0.2, 0.25) is 0 Å². The average Bonchev–Trinajstić information content (AvgIpc) is 3.06. The number of ether oxygens (including phenoxy) is 1. The lowest BCUT2D eigenvalue weighted by Gasteiger charge is -2.14. The van der Waals surface area contributed by atoms with Gasteiger partial charge in [-0.1, -0.05) is 12.1 Å². The van der Waals surface area contributed by atoms with Gasteiger partial charge in [-0.15, -0.1) is 0 Å². The molecular weight excluding hydrogens is 335 g/mol. The molecule has 4 nitrogen and oxygen atoms in total. The number of hydrogen-bond acceptors (Lipinski definition) is 3. The number of aliphatic hydroxyl groups excluding tert-OH is 1. The first-order chi connectivity index (χ1) is 11.8. The molecule has 1 aliphatic heterocycles. The van der Waals surface area contributed by atoms with Gasteiger partial charge in [0.25, 0.3) is 5.91 Å². The van der Waals surface area contributed by atoms with Crippen LogP contribution in [-0.2, 0) is 12.6 Å². The Labute approximate surface area is 142 Å². The van der Waals surface area contributed by atoms with Crippen LogP contribution in [0.25, 0.3) is 0 Å². The number of alkyl halides is 3. The van der Waals surface area contributed by atoms with Gasteiger partial charge >= 0.3 is 6.18 Å². The summed E-state index contributed by atoms with van der Waals surface area (Å²) >= 11 is 0. The summed E-state index contributed by atoms with van der Waals surface area (Å²) in [4.78, 5) is 12.0. The summed E-state index contributed by atoms with van der Waals surface area (Å²) in [5, 5.41) is 12.7. The standard InChI is InChI=1S/C18H16F3NO3/c19-18(20,21)14-3-1-2-13(9-14)17(24)22-10-15(23)11-4-5-16-12(8-11)6-7-25-16/h1-5,8-9,15,23H,6-7,10H2,(H,22,24). The predicted molar refractivity (Wildman–Crippen MR) is 84.4 cm³/mol. The van der Waals surface area contributed by atoms with Crippen LogP contribution in [0.1, 0.15) is 33.2 Å². The zero-order chi connectivity index (χ0) is 18.0. The van der Waals surface area contributed by atoms with Crippen LogP contribution < -0.4 is 10.1 Å². The van der Waals surface area contributed by atoms with Gasteiger partial charge in [0.05, 0.1) is 18.3 Å². The highest BCUT2D eigenvalue weighted by Gasteiger charge is 2.30. The normalized spacial score (nSPS) is 14.6. The first-order valence-electron chi connectivity index (χ1n) is 7.74. The van der Waals surface area contributed by atoms with E-state index in [1.54, 1.807) is 12.1 Å². The summed E-state index contributed by atoms with van der Waals surface area (Å²) in [7, 11) is 0. The largest absolute Gasteiger partial charge is 0.493 e. The van der Waals surface area contributed by atoms with Crippen LogP contribution in [0, 0.1) is 0 Å². The van der Waals surface area contributed by atoms with Gasteiger partial charge in [-0.05, 0) is 41.5 Å². The minimum atomic E-state index is -4.51. The van der Waals surface area contributed by atoms with Crippen LogP contribution in [0.3, 0.4) is 0 Å². The summed E-state index contributed by atoms with van der Waals surface area (Å²) in [6.07, 6.45) is -4.71. The highest BCUT2D eigenvalue weighted by molar-refractivity contribution is 5.94. The number of amides is 1. The van der Waals surface area contributed by atoms with E-state index in [4.69, 9.17) is 4.74 Å². The summed E-state index contributed by atoms with van der Waals surface area (Å²) in [6.45, 7) is 0.496. The Morgan fingerprint density at radius 3 is 2.80 bits per heavy atom. The van der Waals surface area contributed by atoms with Gasteiger partial charge in [-0.3, -0.25) is 4.79 Å². The Balaban J connectivity index is 1.64. The van der Waals surface area contributed by atoms with Crippen molar-refractivity contribution in [2.24, 2.45) is 0 Å². The molecule has 0 fully saturated rings. The first kappa shape index (κ1) is 17.3. The third kappa shape index (κ3) is 3.93. The molecule has 2 aromatic rings. The van der Waals surface area contributed by atoms with E-state index >= 15 is 0 Å². The summed E-state index contributed by atoms with van der Waals surface area (Å²) in [6, 6.07) is 9.43. The Kier molecular flexibility index (Phi) is 4.67. The number of aliphatic hydroxyl groups is 1. The number of hydrogen-bond donors (Lipinski definition) is 2. The lowest BCUT2D eigenvalue weighted by atomic mass is 10.0. The van der Waals surface area contributed by atoms with E-state index < -0.39 is 23.8 Å². The summed E-state index contributed by atoms with van der Waals surface area (Å²) < 4.78 is 43.5. The van der Waals surface area contributed by atoms with Gasteiger partial charge in [0.2, 0.25) is 0 Å². The number of nitrogens with one attached hydrogen (secondary N) is 1. The molecule has 1 aliphatic rings. The molecule has 2 N–H and O–H groups in total. The SMILES string of the molecule is O=C(NCC(O)c1ccc2c(c1)CCO2)c1cccc(C(F)(F)F)c1. The third-order valence-electron chi connectivity index (χ3n) is 4.01. The molecule has 0 saturated heterocycles. The van der Waals surface area contributed by atoms with Gasteiger partial charge in [0.15, 0.2) is 0 Å². The fraction of sp³-hybridized carbons (Fsp3) is 0.278. The van der Waals surface area contributed by atoms with Crippen LogP contribution in [0.15, 0.2) is 42.5 Å². The number of carbonyl (C=O) groups is 1. The first-order valence-corrected chi connectivity index (χ1v) is 7.74. The number of carbonyl (C=O) groups excluding carboxylic acids is 1. The molecule has 0 radical (unpaired) electrons. The van der Waals surface area contributed by atoms with E-state index in [9.17, 15) is 23.1 Å². The van der Waals surface area contributed by atoms with Crippen molar-refractivity contribution >= 4 is 5.91 Å². The third-order valence-corrected chi connectivity index (χ3v) is 4.01. The predicted octanol–water partition coefficient (Wildman–Crippen LogP) is 3.10. The quantitative estimate of drug-likeness (QED) is 0.890. The van der Waals surface area contributed by atoms with Crippen LogP contribution in [-0.4, -0.2) is 24.2 Å². The number of rotatable bonds is 4. The van der Waals surface area contributed by atoms with Crippen molar-refractivity contribution in [3.05, 3.63) is 64.7 Å². The molecule has 0 aliphatic carbocycles. The fourth-order valence-electron chi connectivity index (χ4n) is 2.66. The zero-order valence-electron chi connectivity index (χ0n) is 13.1. The van der Waals surface area contributed by atoms with Crippen molar-refractivity contribution in [1.82, 2.24) is 5.32 Å². The van der Waals surface area contributed by atoms with Crippen molar-refractivity contribution in [2.75, 3.05) is 13.2 Å². The Morgan fingerprint density at radius 2 is 2.04 bits per heavy atom. The molecule has 0 bridgehead atoms. The van der Waals surface area contributed by atoms with E-state index in [1.807, 2.05) is 6.07 Å². The second-order valence-electron chi connectivity index (χ2n) is 5.77. The Hall–Kier alpha value is -2.54. The highest BCUT2D eigenvalue weighted by Crippen LogP contribution is 2.30. The van der Waals surface area contributed by atoms with Crippen LogP contribution in [0.4, 0.5) is 13.2 Å². The van der Waals surface area contributed by atoms with Crippen LogP contribution >= 0.6 is 0 Å². The smallest absolute Gasteiger partial charge is 0.416 e. The van der Waals surface area contributed by atoms with E-state index in [0.717, 1.165) is 29.9 Å². The minimum Gasteiger partial charge on any atom is -0.493 e. The summed E-state index contributed by atoms with van der Waals surface area (Å²) in [5.41, 5.74) is 0.609. The molecule has 3 rings (SSSR count). The lowest BCUT2D eigenvalue weighted by molar-refractivity contribution is -0.137. The van der Waals surface area contributed by atoms with E-state index in [2.05, 4.69) is 5.32 Å². The molecular formula is C18H16F3NO3. The molecule has 7 heteroatoms. The van der Waals surface area contributed by atoms with E-state index in [-0.39, 0.29) is 12.1 Å². The molecule has 0 aromatic heterocycles. The van der Waals surface area contributed by atoms with Crippen molar-refractivity contribution in [3.8, 4) is 5.75 Å². The van der Waals surface area contributed by atoms with Crippen molar-refractivity contribution in [1.29, 1.82) is 0 Å². The summed E-state index contributed by atoms with van der Waals surface area (Å²) in [5.74, 6) is 0.110. The van der Waals surface area contributed by atoms with Gasteiger partial charge in [0.1, 0.15) is 5.75 Å². The molecule has 0 spiro atoms. The Bertz CT molecular complexity index is 789. The average molecular weight is 351 g/mol.